The highest BCUT2D eigenvalue weighted by Gasteiger charge is 2.25. The summed E-state index contributed by atoms with van der Waals surface area (Å²) in [5.41, 5.74) is 0. The van der Waals surface area contributed by atoms with Crippen molar-refractivity contribution < 1.29 is 17.9 Å². The van der Waals surface area contributed by atoms with E-state index in [-0.39, 0.29) is 13.0 Å². The number of hydrogen-bond acceptors (Lipinski definition) is 2. The Hall–Kier alpha value is -0.290. The summed E-state index contributed by atoms with van der Waals surface area (Å²) in [4.78, 5) is 0. The number of rotatable bonds is 8. The fourth-order valence-corrected chi connectivity index (χ4v) is 2.28. The SMILES string of the molecule is FC(F)(F)CCCOCCCCC1CCNCC1. The van der Waals surface area contributed by atoms with E-state index in [2.05, 4.69) is 5.32 Å². The lowest BCUT2D eigenvalue weighted by atomic mass is 9.93. The predicted octanol–water partition coefficient (Wildman–Crippen LogP) is 3.52. The van der Waals surface area contributed by atoms with Crippen molar-refractivity contribution in [3.05, 3.63) is 0 Å². The highest BCUT2D eigenvalue weighted by atomic mass is 19.4. The van der Waals surface area contributed by atoms with Crippen LogP contribution in [0.25, 0.3) is 0 Å². The molecule has 1 fully saturated rings. The Morgan fingerprint density at radius 3 is 2.33 bits per heavy atom. The second kappa shape index (κ2) is 8.75. The lowest BCUT2D eigenvalue weighted by molar-refractivity contribution is -0.137. The maximum Gasteiger partial charge on any atom is 0.389 e. The summed E-state index contributed by atoms with van der Waals surface area (Å²) in [6, 6.07) is 0. The average Bonchev–Trinajstić information content (AvgIpc) is 2.32. The molecular weight excluding hydrogens is 243 g/mol. The van der Waals surface area contributed by atoms with E-state index in [1.54, 1.807) is 0 Å². The van der Waals surface area contributed by atoms with Gasteiger partial charge in [-0.05, 0) is 44.7 Å². The predicted molar refractivity (Wildman–Crippen MR) is 65.6 cm³/mol. The number of alkyl halides is 3. The van der Waals surface area contributed by atoms with Gasteiger partial charge in [-0.15, -0.1) is 0 Å². The molecule has 1 saturated heterocycles. The molecule has 0 unspecified atom stereocenters. The number of piperidine rings is 1. The van der Waals surface area contributed by atoms with Crippen molar-refractivity contribution >= 4 is 0 Å². The van der Waals surface area contributed by atoms with Gasteiger partial charge in [0.05, 0.1) is 0 Å². The minimum atomic E-state index is -4.04. The smallest absolute Gasteiger partial charge is 0.381 e. The molecule has 2 nitrogen and oxygen atoms in total. The molecule has 1 rings (SSSR count). The maximum absolute atomic E-state index is 11.8. The van der Waals surface area contributed by atoms with Gasteiger partial charge in [0.15, 0.2) is 0 Å². The van der Waals surface area contributed by atoms with Crippen LogP contribution in [0, 0.1) is 5.92 Å². The van der Waals surface area contributed by atoms with Crippen LogP contribution in [0.4, 0.5) is 13.2 Å². The third kappa shape index (κ3) is 8.75. The van der Waals surface area contributed by atoms with Crippen LogP contribution in [-0.2, 0) is 4.74 Å². The summed E-state index contributed by atoms with van der Waals surface area (Å²) in [5.74, 6) is 0.830. The first-order chi connectivity index (χ1) is 8.58. The summed E-state index contributed by atoms with van der Waals surface area (Å²) in [7, 11) is 0. The normalized spacial score (nSPS) is 18.2. The summed E-state index contributed by atoms with van der Waals surface area (Å²) < 4.78 is 40.7. The third-order valence-corrected chi connectivity index (χ3v) is 3.36. The Balaban J connectivity index is 1.81. The van der Waals surface area contributed by atoms with E-state index in [1.807, 2.05) is 0 Å². The largest absolute Gasteiger partial charge is 0.389 e. The van der Waals surface area contributed by atoms with E-state index in [1.165, 1.54) is 19.3 Å². The van der Waals surface area contributed by atoms with E-state index in [9.17, 15) is 13.2 Å². The van der Waals surface area contributed by atoms with Gasteiger partial charge in [-0.3, -0.25) is 0 Å². The first-order valence-electron chi connectivity index (χ1n) is 6.93. The average molecular weight is 267 g/mol. The van der Waals surface area contributed by atoms with E-state index >= 15 is 0 Å². The summed E-state index contributed by atoms with van der Waals surface area (Å²) >= 11 is 0. The minimum absolute atomic E-state index is 0.0811. The van der Waals surface area contributed by atoms with Crippen molar-refractivity contribution in [3.8, 4) is 0 Å². The van der Waals surface area contributed by atoms with Crippen LogP contribution in [0.15, 0.2) is 0 Å². The maximum atomic E-state index is 11.8. The molecule has 1 aliphatic heterocycles. The van der Waals surface area contributed by atoms with Crippen molar-refractivity contribution in [1.82, 2.24) is 5.32 Å². The van der Waals surface area contributed by atoms with Crippen LogP contribution in [-0.4, -0.2) is 32.5 Å². The summed E-state index contributed by atoms with van der Waals surface area (Å²) in [6.45, 7) is 3.08. The molecule has 1 heterocycles. The van der Waals surface area contributed by atoms with Crippen LogP contribution >= 0.6 is 0 Å². The van der Waals surface area contributed by atoms with Crippen molar-refractivity contribution in [2.75, 3.05) is 26.3 Å². The fraction of sp³-hybridized carbons (Fsp3) is 1.00. The molecule has 0 bridgehead atoms. The molecule has 0 saturated carbocycles. The van der Waals surface area contributed by atoms with Gasteiger partial charge in [0, 0.05) is 19.6 Å². The van der Waals surface area contributed by atoms with Gasteiger partial charge in [0.25, 0.3) is 0 Å². The van der Waals surface area contributed by atoms with E-state index < -0.39 is 12.6 Å². The second-order valence-electron chi connectivity index (χ2n) is 5.02. The van der Waals surface area contributed by atoms with Gasteiger partial charge in [0.2, 0.25) is 0 Å². The molecule has 5 heteroatoms. The number of hydrogen-bond donors (Lipinski definition) is 1. The highest BCUT2D eigenvalue weighted by Crippen LogP contribution is 2.21. The molecule has 0 atom stereocenters. The number of ether oxygens (including phenoxy) is 1. The van der Waals surface area contributed by atoms with Crippen LogP contribution < -0.4 is 5.32 Å². The first kappa shape index (κ1) is 15.8. The summed E-state index contributed by atoms with van der Waals surface area (Å²) in [6.07, 6.45) is 1.14. The van der Waals surface area contributed by atoms with Crippen LogP contribution in [0.1, 0.15) is 44.9 Å². The molecule has 1 N–H and O–H groups in total. The molecule has 108 valence electrons. The van der Waals surface area contributed by atoms with Gasteiger partial charge in [0.1, 0.15) is 0 Å². The lowest BCUT2D eigenvalue weighted by Gasteiger charge is -2.22. The quantitative estimate of drug-likeness (QED) is 0.679. The molecule has 0 spiro atoms. The Bertz CT molecular complexity index is 203. The molecule has 0 aromatic heterocycles. The molecule has 1 aliphatic rings. The van der Waals surface area contributed by atoms with E-state index in [0.29, 0.717) is 6.61 Å². The molecule has 0 aromatic rings. The van der Waals surface area contributed by atoms with Gasteiger partial charge in [-0.1, -0.05) is 12.8 Å². The van der Waals surface area contributed by atoms with Crippen molar-refractivity contribution in [3.63, 3.8) is 0 Å². The lowest BCUT2D eigenvalue weighted by Crippen LogP contribution is -2.27. The molecular formula is C13H24F3NO. The molecule has 0 aliphatic carbocycles. The fourth-order valence-electron chi connectivity index (χ4n) is 2.28. The van der Waals surface area contributed by atoms with Crippen LogP contribution in [0.2, 0.25) is 0 Å². The van der Waals surface area contributed by atoms with Crippen molar-refractivity contribution in [2.24, 2.45) is 5.92 Å². The Labute approximate surface area is 107 Å². The second-order valence-corrected chi connectivity index (χ2v) is 5.02. The Morgan fingerprint density at radius 1 is 1.00 bits per heavy atom. The standard InChI is InChI=1S/C13H24F3NO/c14-13(15,16)7-3-11-18-10-2-1-4-12-5-8-17-9-6-12/h12,17H,1-11H2. The monoisotopic (exact) mass is 267 g/mol. The molecule has 18 heavy (non-hydrogen) atoms. The van der Waals surface area contributed by atoms with Crippen molar-refractivity contribution in [2.45, 2.75) is 51.1 Å². The van der Waals surface area contributed by atoms with Gasteiger partial charge >= 0.3 is 6.18 Å². The van der Waals surface area contributed by atoms with Gasteiger partial charge in [-0.25, -0.2) is 0 Å². The molecule has 0 aromatic carbocycles. The zero-order valence-corrected chi connectivity index (χ0v) is 10.9. The number of nitrogens with one attached hydrogen (secondary N) is 1. The molecule has 0 amide bonds. The number of halogens is 3. The topological polar surface area (TPSA) is 21.3 Å². The van der Waals surface area contributed by atoms with Crippen LogP contribution in [0.3, 0.4) is 0 Å². The van der Waals surface area contributed by atoms with Crippen molar-refractivity contribution in [1.29, 1.82) is 0 Å². The van der Waals surface area contributed by atoms with Crippen LogP contribution in [0.5, 0.6) is 0 Å². The molecule has 0 radical (unpaired) electrons. The van der Waals surface area contributed by atoms with Gasteiger partial charge in [-0.2, -0.15) is 13.2 Å². The van der Waals surface area contributed by atoms with E-state index in [0.717, 1.165) is 31.8 Å². The van der Waals surface area contributed by atoms with E-state index in [4.69, 9.17) is 4.74 Å². The zero-order chi connectivity index (χ0) is 13.3. The zero-order valence-electron chi connectivity index (χ0n) is 10.9. The summed E-state index contributed by atoms with van der Waals surface area (Å²) in [5, 5.41) is 3.34. The number of unbranched alkanes of at least 4 members (excludes halogenated alkanes) is 1. The van der Waals surface area contributed by atoms with Gasteiger partial charge < -0.3 is 10.1 Å². The third-order valence-electron chi connectivity index (χ3n) is 3.36. The Morgan fingerprint density at radius 2 is 1.67 bits per heavy atom. The first-order valence-corrected chi connectivity index (χ1v) is 6.93. The Kier molecular flexibility index (Phi) is 7.66. The minimum Gasteiger partial charge on any atom is -0.381 e. The highest BCUT2D eigenvalue weighted by molar-refractivity contribution is 4.68.